The van der Waals surface area contributed by atoms with Gasteiger partial charge in [-0.1, -0.05) is 25.1 Å². The minimum atomic E-state index is -0.995. The molecule has 0 saturated heterocycles. The van der Waals surface area contributed by atoms with Gasteiger partial charge in [-0.2, -0.15) is 0 Å². The third-order valence-corrected chi connectivity index (χ3v) is 3.52. The van der Waals surface area contributed by atoms with Crippen molar-refractivity contribution in [3.8, 4) is 11.5 Å². The smallest absolute Gasteiger partial charge is 0.328 e. The van der Waals surface area contributed by atoms with Crippen LogP contribution in [0.2, 0.25) is 0 Å². The second kappa shape index (κ2) is 7.65. The molecule has 1 N–H and O–H groups in total. The molecule has 0 unspecified atom stereocenters. The third kappa shape index (κ3) is 3.63. The Labute approximate surface area is 135 Å². The van der Waals surface area contributed by atoms with Crippen molar-refractivity contribution in [1.82, 2.24) is 0 Å². The first-order valence-corrected chi connectivity index (χ1v) is 7.27. The van der Waals surface area contributed by atoms with Gasteiger partial charge in [-0.25, -0.2) is 4.79 Å². The summed E-state index contributed by atoms with van der Waals surface area (Å²) >= 11 is 0. The van der Waals surface area contributed by atoms with Gasteiger partial charge in [-0.05, 0) is 35.1 Å². The van der Waals surface area contributed by atoms with Gasteiger partial charge in [0.2, 0.25) is 0 Å². The molecule has 0 aromatic heterocycles. The van der Waals surface area contributed by atoms with Crippen LogP contribution in [-0.4, -0.2) is 32.1 Å². The molecule has 0 heterocycles. The Morgan fingerprint density at radius 3 is 2.70 bits per heavy atom. The van der Waals surface area contributed by atoms with E-state index in [-0.39, 0.29) is 6.79 Å². The lowest BCUT2D eigenvalue weighted by Crippen LogP contribution is -2.03. The summed E-state index contributed by atoms with van der Waals surface area (Å²) < 4.78 is 16.1. The Morgan fingerprint density at radius 2 is 2.09 bits per heavy atom. The highest BCUT2D eigenvalue weighted by molar-refractivity contribution is 6.01. The summed E-state index contributed by atoms with van der Waals surface area (Å²) in [5.74, 6) is 0.130. The molecule has 0 atom stereocenters. The molecule has 2 rings (SSSR count). The van der Waals surface area contributed by atoms with Gasteiger partial charge < -0.3 is 19.3 Å². The van der Waals surface area contributed by atoms with E-state index in [2.05, 4.69) is 6.92 Å². The fourth-order valence-corrected chi connectivity index (χ4v) is 2.55. The zero-order valence-corrected chi connectivity index (χ0v) is 13.5. The maximum absolute atomic E-state index is 10.9. The molecule has 2 aromatic carbocycles. The average Bonchev–Trinajstić information content (AvgIpc) is 2.57. The molecule has 0 bridgehead atoms. The summed E-state index contributed by atoms with van der Waals surface area (Å²) in [6.07, 6.45) is 3.52. The Hall–Kier alpha value is -2.53. The van der Waals surface area contributed by atoms with E-state index in [0.717, 1.165) is 34.4 Å². The lowest BCUT2D eigenvalue weighted by molar-refractivity contribution is -0.131. The van der Waals surface area contributed by atoms with Gasteiger partial charge >= 0.3 is 5.97 Å². The molecule has 5 nitrogen and oxygen atoms in total. The molecule has 0 amide bonds. The average molecular weight is 316 g/mol. The van der Waals surface area contributed by atoms with E-state index < -0.39 is 5.97 Å². The van der Waals surface area contributed by atoms with Crippen LogP contribution in [0, 0.1) is 0 Å². The second-order valence-corrected chi connectivity index (χ2v) is 4.91. The summed E-state index contributed by atoms with van der Waals surface area (Å²) in [4.78, 5) is 10.9. The molecule has 23 heavy (non-hydrogen) atoms. The standard InChI is InChI=1S/C18H20O5/c1-4-12-6-5-7-14-17(12)13(8-9-16(19)20)10-15(22-3)18(14)23-11-21-2/h5-10H,4,11H2,1-3H3,(H,19,20)/b9-8+. The van der Waals surface area contributed by atoms with Crippen molar-refractivity contribution < 1.29 is 24.1 Å². The van der Waals surface area contributed by atoms with Crippen molar-refractivity contribution in [2.45, 2.75) is 13.3 Å². The third-order valence-electron chi connectivity index (χ3n) is 3.52. The van der Waals surface area contributed by atoms with Crippen molar-refractivity contribution in [1.29, 1.82) is 0 Å². The van der Waals surface area contributed by atoms with Crippen LogP contribution in [0.3, 0.4) is 0 Å². The van der Waals surface area contributed by atoms with Crippen LogP contribution in [0.25, 0.3) is 16.8 Å². The Kier molecular flexibility index (Phi) is 5.60. The van der Waals surface area contributed by atoms with Crippen LogP contribution in [-0.2, 0) is 16.0 Å². The minimum absolute atomic E-state index is 0.103. The van der Waals surface area contributed by atoms with Crippen molar-refractivity contribution >= 4 is 22.8 Å². The molecule has 0 saturated carbocycles. The Balaban J connectivity index is 2.77. The number of carbonyl (C=O) groups is 1. The van der Waals surface area contributed by atoms with Gasteiger partial charge in [0.1, 0.15) is 0 Å². The first-order chi connectivity index (χ1) is 11.1. The quantitative estimate of drug-likeness (QED) is 0.625. The molecule has 0 spiro atoms. The zero-order chi connectivity index (χ0) is 16.8. The summed E-state index contributed by atoms with van der Waals surface area (Å²) in [7, 11) is 3.10. The van der Waals surface area contributed by atoms with Gasteiger partial charge in [0.25, 0.3) is 0 Å². The van der Waals surface area contributed by atoms with Gasteiger partial charge in [0.15, 0.2) is 18.3 Å². The number of benzene rings is 2. The fourth-order valence-electron chi connectivity index (χ4n) is 2.55. The van der Waals surface area contributed by atoms with Gasteiger partial charge in [-0.15, -0.1) is 0 Å². The SMILES string of the molecule is CCc1cccc2c(OCOC)c(OC)cc(/C=C/C(=O)O)c12. The highest BCUT2D eigenvalue weighted by Crippen LogP contribution is 2.40. The molecular weight excluding hydrogens is 296 g/mol. The maximum atomic E-state index is 10.9. The number of aryl methyl sites for hydroxylation is 1. The van der Waals surface area contributed by atoms with Crippen LogP contribution < -0.4 is 9.47 Å². The fraction of sp³-hybridized carbons (Fsp3) is 0.278. The summed E-state index contributed by atoms with van der Waals surface area (Å²) in [5, 5.41) is 10.7. The number of carboxylic acids is 1. The number of carboxylic acid groups (broad SMARTS) is 1. The number of hydrogen-bond donors (Lipinski definition) is 1. The van der Waals surface area contributed by atoms with E-state index >= 15 is 0 Å². The Morgan fingerprint density at radius 1 is 1.30 bits per heavy atom. The number of methoxy groups -OCH3 is 2. The lowest BCUT2D eigenvalue weighted by atomic mass is 9.96. The number of rotatable bonds is 7. The number of hydrogen-bond acceptors (Lipinski definition) is 4. The van der Waals surface area contributed by atoms with E-state index in [0.29, 0.717) is 11.5 Å². The molecule has 122 valence electrons. The van der Waals surface area contributed by atoms with Crippen LogP contribution >= 0.6 is 0 Å². The number of fused-ring (bicyclic) bond motifs is 1. The molecule has 5 heteroatoms. The number of ether oxygens (including phenoxy) is 3. The van der Waals surface area contributed by atoms with Crippen LogP contribution in [0.5, 0.6) is 11.5 Å². The predicted octanol–water partition coefficient (Wildman–Crippen LogP) is 3.49. The summed E-state index contributed by atoms with van der Waals surface area (Å²) in [6, 6.07) is 7.68. The molecule has 2 aromatic rings. The summed E-state index contributed by atoms with van der Waals surface area (Å²) in [6.45, 7) is 2.16. The van der Waals surface area contributed by atoms with Gasteiger partial charge in [0.05, 0.1) is 7.11 Å². The van der Waals surface area contributed by atoms with Crippen molar-refractivity contribution in [3.63, 3.8) is 0 Å². The van der Waals surface area contributed by atoms with Crippen LogP contribution in [0.15, 0.2) is 30.3 Å². The number of aliphatic carboxylic acids is 1. The predicted molar refractivity (Wildman–Crippen MR) is 89.1 cm³/mol. The van der Waals surface area contributed by atoms with Crippen molar-refractivity contribution in [2.75, 3.05) is 21.0 Å². The normalized spacial score (nSPS) is 11.1. The molecule has 0 fully saturated rings. The highest BCUT2D eigenvalue weighted by Gasteiger charge is 2.15. The highest BCUT2D eigenvalue weighted by atomic mass is 16.7. The first-order valence-electron chi connectivity index (χ1n) is 7.27. The van der Waals surface area contributed by atoms with E-state index in [1.165, 1.54) is 0 Å². The molecule has 0 radical (unpaired) electrons. The molecule has 0 aliphatic carbocycles. The first kappa shape index (κ1) is 16.8. The monoisotopic (exact) mass is 316 g/mol. The lowest BCUT2D eigenvalue weighted by Gasteiger charge is -2.17. The zero-order valence-electron chi connectivity index (χ0n) is 13.5. The largest absolute Gasteiger partial charge is 0.493 e. The molecular formula is C18H20O5. The van der Waals surface area contributed by atoms with E-state index in [9.17, 15) is 4.79 Å². The second-order valence-electron chi connectivity index (χ2n) is 4.91. The minimum Gasteiger partial charge on any atom is -0.493 e. The van der Waals surface area contributed by atoms with Crippen LogP contribution in [0.4, 0.5) is 0 Å². The Bertz CT molecular complexity index is 734. The topological polar surface area (TPSA) is 65.0 Å². The van der Waals surface area contributed by atoms with Gasteiger partial charge in [-0.3, -0.25) is 0 Å². The van der Waals surface area contributed by atoms with E-state index in [1.807, 2.05) is 18.2 Å². The van der Waals surface area contributed by atoms with Gasteiger partial charge in [0, 0.05) is 18.6 Å². The molecule has 0 aliphatic heterocycles. The van der Waals surface area contributed by atoms with Crippen LogP contribution in [0.1, 0.15) is 18.1 Å². The maximum Gasteiger partial charge on any atom is 0.328 e. The van der Waals surface area contributed by atoms with Crippen molar-refractivity contribution in [2.24, 2.45) is 0 Å². The molecule has 0 aliphatic rings. The van der Waals surface area contributed by atoms with Crippen molar-refractivity contribution in [3.05, 3.63) is 41.5 Å². The summed E-state index contributed by atoms with van der Waals surface area (Å²) in [5.41, 5.74) is 1.89. The van der Waals surface area contributed by atoms with E-state index in [1.54, 1.807) is 26.4 Å². The van der Waals surface area contributed by atoms with E-state index in [4.69, 9.17) is 19.3 Å².